The van der Waals surface area contributed by atoms with Gasteiger partial charge < -0.3 is 0 Å². The van der Waals surface area contributed by atoms with E-state index < -0.39 is 0 Å². The van der Waals surface area contributed by atoms with Crippen LogP contribution in [0, 0.1) is 0 Å². The molecule has 214 valence electrons. The third-order valence-corrected chi connectivity index (χ3v) is 8.85. The Balaban J connectivity index is 1.49. The minimum absolute atomic E-state index is 0.0240. The molecule has 0 aromatic heterocycles. The van der Waals surface area contributed by atoms with Crippen molar-refractivity contribution in [2.24, 2.45) is 0 Å². The summed E-state index contributed by atoms with van der Waals surface area (Å²) in [6, 6.07) is 43.6. The van der Waals surface area contributed by atoms with Crippen molar-refractivity contribution < 1.29 is 9.60 Å². The highest BCUT2D eigenvalue weighted by Gasteiger charge is 2.18. The minimum atomic E-state index is -0.385. The van der Waals surface area contributed by atoms with Crippen molar-refractivity contribution in [2.75, 3.05) is 0 Å². The van der Waals surface area contributed by atoms with E-state index in [1.54, 1.807) is 0 Å². The topological polar surface area (TPSA) is 0 Å². The zero-order valence-electron chi connectivity index (χ0n) is 31.8. The van der Waals surface area contributed by atoms with Crippen molar-refractivity contribution in [1.29, 1.82) is 0 Å². The molecule has 0 fully saturated rings. The molecule has 0 nitrogen and oxygen atoms in total. The lowest BCUT2D eigenvalue weighted by Crippen LogP contribution is -1.92. The van der Waals surface area contributed by atoms with Gasteiger partial charge in [-0.25, -0.2) is 0 Å². The molecule has 0 amide bonds. The van der Waals surface area contributed by atoms with Gasteiger partial charge in [0.1, 0.15) is 0 Å². The largest absolute Gasteiger partial charge is 0.0636 e. The van der Waals surface area contributed by atoms with Crippen LogP contribution in [0.25, 0.3) is 87.6 Å². The maximum absolute atomic E-state index is 9.94. The summed E-state index contributed by atoms with van der Waals surface area (Å²) in [6.45, 7) is 0. The number of hydrogen-bond donors (Lipinski definition) is 0. The van der Waals surface area contributed by atoms with E-state index in [2.05, 4.69) is 24.3 Å². The van der Waals surface area contributed by atoms with Crippen molar-refractivity contribution >= 4 is 43.1 Å². The van der Waals surface area contributed by atoms with E-state index in [4.69, 9.17) is 2.74 Å². The zero-order chi connectivity index (χ0) is 36.5. The summed E-state index contributed by atoms with van der Waals surface area (Å²) >= 11 is 0. The van der Waals surface area contributed by atoms with Gasteiger partial charge in [-0.2, -0.15) is 0 Å². The van der Waals surface area contributed by atoms with Crippen LogP contribution in [0.1, 0.15) is 9.60 Å². The fourth-order valence-electron chi connectivity index (χ4n) is 6.71. The Bertz CT molecular complexity index is 2960. The third kappa shape index (κ3) is 4.38. The Morgan fingerprint density at radius 2 is 0.957 bits per heavy atom. The monoisotopic (exact) mass is 589 g/mol. The molecule has 0 bridgehead atoms. The molecule has 0 aliphatic heterocycles. The molecular weight excluding hydrogens is 553 g/mol. The average molecular weight is 590 g/mol. The lowest BCUT2D eigenvalue weighted by Gasteiger charge is -2.19. The summed E-state index contributed by atoms with van der Waals surface area (Å²) in [5.74, 6) is 0. The molecular formula is C46H30. The van der Waals surface area contributed by atoms with Crippen LogP contribution in [-0.2, 0) is 0 Å². The summed E-state index contributed by atoms with van der Waals surface area (Å²) in [4.78, 5) is 0. The van der Waals surface area contributed by atoms with Crippen LogP contribution in [0.4, 0.5) is 0 Å². The Morgan fingerprint density at radius 3 is 1.80 bits per heavy atom. The second-order valence-corrected chi connectivity index (χ2v) is 11.5. The molecule has 0 N–H and O–H groups in total. The molecule has 0 heteroatoms. The molecule has 46 heavy (non-hydrogen) atoms. The second-order valence-electron chi connectivity index (χ2n) is 11.5. The molecule has 9 aromatic rings. The smallest absolute Gasteiger partial charge is 0.0622 e. The Labute approximate surface area is 278 Å². The second kappa shape index (κ2) is 10.9. The Kier molecular flexibility index (Phi) is 4.76. The quantitative estimate of drug-likeness (QED) is 0.179. The van der Waals surface area contributed by atoms with Crippen molar-refractivity contribution in [2.45, 2.75) is 0 Å². The maximum atomic E-state index is 9.94. The number of benzene rings is 9. The average Bonchev–Trinajstić information content (AvgIpc) is 3.20. The molecule has 0 saturated heterocycles. The molecule has 0 atom stereocenters. The molecule has 0 aliphatic rings. The summed E-state index contributed by atoms with van der Waals surface area (Å²) in [5, 5.41) is 5.29. The van der Waals surface area contributed by atoms with E-state index in [0.717, 1.165) is 32.7 Å². The molecule has 9 aromatic carbocycles. The molecule has 0 heterocycles. The van der Waals surface area contributed by atoms with Gasteiger partial charge in [-0.3, -0.25) is 0 Å². The fraction of sp³-hybridized carbons (Fsp3) is 0. The van der Waals surface area contributed by atoms with Gasteiger partial charge in [0, 0.05) is 0 Å². The Morgan fingerprint density at radius 1 is 0.326 bits per heavy atom. The lowest BCUT2D eigenvalue weighted by molar-refractivity contribution is 1.62. The predicted octanol–water partition coefficient (Wildman–Crippen LogP) is 13.0. The highest BCUT2D eigenvalue weighted by molar-refractivity contribution is 6.22. The maximum Gasteiger partial charge on any atom is 0.0636 e. The van der Waals surface area contributed by atoms with E-state index in [0.29, 0.717) is 44.2 Å². The fourth-order valence-corrected chi connectivity index (χ4v) is 6.71. The molecule has 0 unspecified atom stereocenters. The van der Waals surface area contributed by atoms with E-state index in [1.807, 2.05) is 115 Å². The van der Waals surface area contributed by atoms with Gasteiger partial charge in [-0.1, -0.05) is 164 Å². The van der Waals surface area contributed by atoms with Gasteiger partial charge in [0.25, 0.3) is 0 Å². The van der Waals surface area contributed by atoms with E-state index in [-0.39, 0.29) is 53.1 Å². The number of hydrogen-bond acceptors (Lipinski definition) is 0. The van der Waals surface area contributed by atoms with Crippen LogP contribution in [-0.4, -0.2) is 0 Å². The first-order chi connectivity index (χ1) is 25.7. The molecule has 9 rings (SSSR count). The van der Waals surface area contributed by atoms with Gasteiger partial charge in [-0.15, -0.1) is 0 Å². The normalized spacial score (nSPS) is 13.6. The van der Waals surface area contributed by atoms with Crippen LogP contribution in [0.3, 0.4) is 0 Å². The third-order valence-electron chi connectivity index (χ3n) is 8.85. The molecule has 0 spiro atoms. The van der Waals surface area contributed by atoms with E-state index in [9.17, 15) is 6.85 Å². The molecule has 0 saturated carbocycles. The van der Waals surface area contributed by atoms with Gasteiger partial charge in [0.15, 0.2) is 0 Å². The highest BCUT2D eigenvalue weighted by atomic mass is 14.2. The van der Waals surface area contributed by atoms with Gasteiger partial charge in [0.2, 0.25) is 0 Å². The Hall–Kier alpha value is -5.98. The van der Waals surface area contributed by atoms with Crippen LogP contribution in [0.5, 0.6) is 0 Å². The minimum Gasteiger partial charge on any atom is -0.0622 e. The molecule has 0 radical (unpaired) electrons. The summed E-state index contributed by atoms with van der Waals surface area (Å²) in [7, 11) is 0. The standard InChI is InChI=1S/C46H30/c1-2-14-33(15-3-1)45-41-21-8-9-22-42(41)46(38-19-10-18-37(29-38)40-23-11-17-32-13-6-7-20-39(32)40)43-27-26-36(30-44(43)45)35-25-24-31-12-4-5-16-34(31)28-35/h1-30H/i8D,9D,21D,22D,26D,27D,30D. The first-order valence-electron chi connectivity index (χ1n) is 18.9. The van der Waals surface area contributed by atoms with Crippen LogP contribution < -0.4 is 0 Å². The summed E-state index contributed by atoms with van der Waals surface area (Å²) < 4.78 is 65.5. The first kappa shape index (κ1) is 20.1. The molecule has 0 aliphatic carbocycles. The zero-order valence-corrected chi connectivity index (χ0v) is 24.8. The van der Waals surface area contributed by atoms with Crippen LogP contribution in [0.2, 0.25) is 0 Å². The van der Waals surface area contributed by atoms with Gasteiger partial charge >= 0.3 is 0 Å². The SMILES string of the molecule is [2H]c1c([2H])c([2H])c2c(-c3ccccc3)c3c([2H])c(-c4ccc5ccccc5c4)c([2H])c([2H])c3c(-c3cccc(-c4cccc5ccccc45)c3)c2c1[2H]. The van der Waals surface area contributed by atoms with Gasteiger partial charge in [0.05, 0.1) is 9.60 Å². The highest BCUT2D eigenvalue weighted by Crippen LogP contribution is 2.45. The van der Waals surface area contributed by atoms with Crippen LogP contribution >= 0.6 is 0 Å². The lowest BCUT2D eigenvalue weighted by atomic mass is 9.84. The van der Waals surface area contributed by atoms with E-state index in [1.165, 1.54) is 0 Å². The number of fused-ring (bicyclic) bond motifs is 4. The summed E-state index contributed by atoms with van der Waals surface area (Å²) in [5.41, 5.74) is 4.93. The predicted molar refractivity (Wildman–Crippen MR) is 198 cm³/mol. The van der Waals surface area contributed by atoms with Crippen molar-refractivity contribution in [3.63, 3.8) is 0 Å². The van der Waals surface area contributed by atoms with Crippen molar-refractivity contribution in [1.82, 2.24) is 0 Å². The summed E-state index contributed by atoms with van der Waals surface area (Å²) in [6.07, 6.45) is 0. The van der Waals surface area contributed by atoms with Crippen LogP contribution in [0.15, 0.2) is 182 Å². The first-order valence-corrected chi connectivity index (χ1v) is 15.4. The van der Waals surface area contributed by atoms with Crippen molar-refractivity contribution in [3.05, 3.63) is 182 Å². The number of rotatable bonds is 4. The van der Waals surface area contributed by atoms with Crippen molar-refractivity contribution in [3.8, 4) is 44.5 Å². The van der Waals surface area contributed by atoms with E-state index >= 15 is 0 Å². The van der Waals surface area contributed by atoms with Gasteiger partial charge in [-0.05, 0) is 106 Å².